The van der Waals surface area contributed by atoms with Crippen LogP contribution in [0.25, 0.3) is 6.08 Å². The van der Waals surface area contributed by atoms with Crippen molar-refractivity contribution in [3.8, 4) is 5.75 Å². The zero-order valence-corrected chi connectivity index (χ0v) is 15.7. The summed E-state index contributed by atoms with van der Waals surface area (Å²) in [6.45, 7) is -0.175. The third-order valence-corrected chi connectivity index (χ3v) is 4.09. The van der Waals surface area contributed by atoms with Gasteiger partial charge in [0, 0.05) is 12.3 Å². The van der Waals surface area contributed by atoms with E-state index in [9.17, 15) is 9.59 Å². The molecule has 1 aromatic heterocycles. The Morgan fingerprint density at radius 1 is 1.00 bits per heavy atom. The van der Waals surface area contributed by atoms with Crippen molar-refractivity contribution in [2.24, 2.45) is 5.73 Å². The van der Waals surface area contributed by atoms with E-state index in [0.29, 0.717) is 5.75 Å². The Bertz CT molecular complexity index is 932. The Balaban J connectivity index is 1.68. The lowest BCUT2D eigenvalue weighted by atomic mass is 10.0. The molecule has 0 saturated carbocycles. The first kappa shape index (κ1) is 19.8. The van der Waals surface area contributed by atoms with E-state index in [4.69, 9.17) is 10.5 Å². The maximum absolute atomic E-state index is 12.5. The van der Waals surface area contributed by atoms with Crippen molar-refractivity contribution in [3.05, 3.63) is 102 Å². The third kappa shape index (κ3) is 6.04. The van der Waals surface area contributed by atoms with Gasteiger partial charge in [0.2, 0.25) is 5.91 Å². The minimum absolute atomic E-state index is 0.175. The molecule has 1 heterocycles. The van der Waals surface area contributed by atoms with E-state index in [1.807, 2.05) is 48.5 Å². The highest BCUT2D eigenvalue weighted by atomic mass is 16.5. The molecule has 0 aliphatic carbocycles. The molecule has 0 fully saturated rings. The normalized spacial score (nSPS) is 11.7. The number of primary amides is 1. The minimum atomic E-state index is -0.536. The molecular weight excluding hydrogens is 366 g/mol. The van der Waals surface area contributed by atoms with Crippen LogP contribution in [-0.4, -0.2) is 23.4 Å². The van der Waals surface area contributed by atoms with E-state index in [1.54, 1.807) is 36.5 Å². The number of rotatable bonds is 8. The highest BCUT2D eigenvalue weighted by molar-refractivity contribution is 5.92. The molecule has 2 aromatic carbocycles. The molecule has 1 atom stereocenters. The second-order valence-electron chi connectivity index (χ2n) is 6.26. The van der Waals surface area contributed by atoms with Crippen LogP contribution in [0.4, 0.5) is 0 Å². The monoisotopic (exact) mass is 387 g/mol. The Kier molecular flexibility index (Phi) is 6.73. The molecule has 6 heteroatoms. The van der Waals surface area contributed by atoms with Gasteiger partial charge in [-0.25, -0.2) is 0 Å². The van der Waals surface area contributed by atoms with Gasteiger partial charge in [-0.05, 0) is 41.5 Å². The Hall–Kier alpha value is -3.93. The SMILES string of the molecule is NC(=O)COc1ccc(/C=C/C(=O)NC(c2ccccc2)c2ccccn2)cc1. The van der Waals surface area contributed by atoms with Crippen LogP contribution in [0.1, 0.15) is 22.9 Å². The molecule has 3 N–H and O–H groups in total. The lowest BCUT2D eigenvalue weighted by Crippen LogP contribution is -2.28. The highest BCUT2D eigenvalue weighted by Crippen LogP contribution is 2.20. The lowest BCUT2D eigenvalue weighted by molar-refractivity contribution is -0.120. The maximum Gasteiger partial charge on any atom is 0.255 e. The van der Waals surface area contributed by atoms with Crippen molar-refractivity contribution in [3.63, 3.8) is 0 Å². The number of carbonyl (C=O) groups excluding carboxylic acids is 2. The second-order valence-corrected chi connectivity index (χ2v) is 6.26. The van der Waals surface area contributed by atoms with Crippen molar-refractivity contribution >= 4 is 17.9 Å². The van der Waals surface area contributed by atoms with Crippen LogP contribution < -0.4 is 15.8 Å². The van der Waals surface area contributed by atoms with Crippen LogP contribution in [0, 0.1) is 0 Å². The Morgan fingerprint density at radius 3 is 2.38 bits per heavy atom. The molecule has 3 rings (SSSR count). The first-order valence-corrected chi connectivity index (χ1v) is 9.07. The molecule has 1 unspecified atom stereocenters. The summed E-state index contributed by atoms with van der Waals surface area (Å²) in [5.74, 6) is -0.241. The zero-order chi connectivity index (χ0) is 20.5. The molecule has 0 bridgehead atoms. The number of nitrogens with two attached hydrogens (primary N) is 1. The van der Waals surface area contributed by atoms with Crippen molar-refractivity contribution < 1.29 is 14.3 Å². The molecule has 0 radical (unpaired) electrons. The van der Waals surface area contributed by atoms with Gasteiger partial charge in [0.15, 0.2) is 6.61 Å². The number of hydrogen-bond donors (Lipinski definition) is 2. The molecule has 0 spiro atoms. The number of carbonyl (C=O) groups is 2. The predicted octanol–water partition coefficient (Wildman–Crippen LogP) is 2.86. The average molecular weight is 387 g/mol. The molecule has 0 aliphatic rings. The van der Waals surface area contributed by atoms with Gasteiger partial charge in [0.1, 0.15) is 5.75 Å². The quantitative estimate of drug-likeness (QED) is 0.581. The van der Waals surface area contributed by atoms with Gasteiger partial charge in [0.05, 0.1) is 11.7 Å². The largest absolute Gasteiger partial charge is 0.484 e. The zero-order valence-electron chi connectivity index (χ0n) is 15.7. The minimum Gasteiger partial charge on any atom is -0.484 e. The number of amides is 2. The lowest BCUT2D eigenvalue weighted by Gasteiger charge is -2.17. The summed E-state index contributed by atoms with van der Waals surface area (Å²) in [5.41, 5.74) is 7.58. The molecule has 29 heavy (non-hydrogen) atoms. The summed E-state index contributed by atoms with van der Waals surface area (Å²) >= 11 is 0. The molecule has 3 aromatic rings. The number of nitrogens with one attached hydrogen (secondary N) is 1. The number of ether oxygens (including phenoxy) is 1. The topological polar surface area (TPSA) is 94.3 Å². The summed E-state index contributed by atoms with van der Waals surface area (Å²) in [4.78, 5) is 27.6. The number of pyridine rings is 1. The molecule has 0 saturated heterocycles. The van der Waals surface area contributed by atoms with Crippen molar-refractivity contribution in [1.29, 1.82) is 0 Å². The van der Waals surface area contributed by atoms with Crippen LogP contribution in [0.2, 0.25) is 0 Å². The smallest absolute Gasteiger partial charge is 0.255 e. The third-order valence-electron chi connectivity index (χ3n) is 4.09. The summed E-state index contributed by atoms with van der Waals surface area (Å²) in [7, 11) is 0. The number of nitrogens with zero attached hydrogens (tertiary/aromatic N) is 1. The van der Waals surface area contributed by atoms with E-state index in [1.165, 1.54) is 6.08 Å². The fraction of sp³-hybridized carbons (Fsp3) is 0.0870. The van der Waals surface area contributed by atoms with Crippen molar-refractivity contribution in [1.82, 2.24) is 10.3 Å². The average Bonchev–Trinajstić information content (AvgIpc) is 2.76. The first-order valence-electron chi connectivity index (χ1n) is 9.07. The van der Waals surface area contributed by atoms with E-state index in [2.05, 4.69) is 10.3 Å². The van der Waals surface area contributed by atoms with Gasteiger partial charge in [0.25, 0.3) is 5.91 Å². The van der Waals surface area contributed by atoms with Gasteiger partial charge >= 0.3 is 0 Å². The summed E-state index contributed by atoms with van der Waals surface area (Å²) in [5, 5.41) is 3.00. The highest BCUT2D eigenvalue weighted by Gasteiger charge is 2.16. The van der Waals surface area contributed by atoms with Crippen LogP contribution in [-0.2, 0) is 9.59 Å². The van der Waals surface area contributed by atoms with E-state index in [-0.39, 0.29) is 18.6 Å². The molecular formula is C23H21N3O3. The van der Waals surface area contributed by atoms with Gasteiger partial charge in [-0.2, -0.15) is 0 Å². The first-order chi connectivity index (χ1) is 14.1. The Morgan fingerprint density at radius 2 is 1.72 bits per heavy atom. The summed E-state index contributed by atoms with van der Waals surface area (Å²) in [6, 6.07) is 21.9. The van der Waals surface area contributed by atoms with E-state index >= 15 is 0 Å². The number of hydrogen-bond acceptors (Lipinski definition) is 4. The van der Waals surface area contributed by atoms with Crippen LogP contribution in [0.15, 0.2) is 85.1 Å². The van der Waals surface area contributed by atoms with Crippen molar-refractivity contribution in [2.45, 2.75) is 6.04 Å². The summed E-state index contributed by atoms with van der Waals surface area (Å²) < 4.78 is 5.21. The molecule has 146 valence electrons. The van der Waals surface area contributed by atoms with Gasteiger partial charge in [-0.15, -0.1) is 0 Å². The van der Waals surface area contributed by atoms with Gasteiger partial charge < -0.3 is 15.8 Å². The summed E-state index contributed by atoms with van der Waals surface area (Å²) in [6.07, 6.45) is 4.88. The van der Waals surface area contributed by atoms with Gasteiger partial charge in [-0.1, -0.05) is 48.5 Å². The fourth-order valence-corrected chi connectivity index (χ4v) is 2.71. The second kappa shape index (κ2) is 9.85. The molecule has 0 aliphatic heterocycles. The van der Waals surface area contributed by atoms with Crippen molar-refractivity contribution in [2.75, 3.05) is 6.61 Å². The number of benzene rings is 2. The predicted molar refractivity (Wildman–Crippen MR) is 111 cm³/mol. The van der Waals surface area contributed by atoms with Crippen LogP contribution in [0.3, 0.4) is 0 Å². The van der Waals surface area contributed by atoms with Crippen LogP contribution in [0.5, 0.6) is 5.75 Å². The number of aromatic nitrogens is 1. The maximum atomic E-state index is 12.5. The Labute approximate surface area is 169 Å². The molecule has 2 amide bonds. The van der Waals surface area contributed by atoms with Gasteiger partial charge in [-0.3, -0.25) is 14.6 Å². The van der Waals surface area contributed by atoms with E-state index in [0.717, 1.165) is 16.8 Å². The molecule has 6 nitrogen and oxygen atoms in total. The van der Waals surface area contributed by atoms with E-state index < -0.39 is 5.91 Å². The standard InChI is InChI=1S/C23H21N3O3/c24-21(27)16-29-19-12-9-17(10-13-19)11-14-22(28)26-23(18-6-2-1-3-7-18)20-8-4-5-15-25-20/h1-15,23H,16H2,(H2,24,27)(H,26,28)/b14-11+. The van der Waals surface area contributed by atoms with Crippen LogP contribution >= 0.6 is 0 Å². The fourth-order valence-electron chi connectivity index (χ4n) is 2.71.